The van der Waals surface area contributed by atoms with Crippen LogP contribution in [0.5, 0.6) is 0 Å². The Morgan fingerprint density at radius 2 is 1.89 bits per heavy atom. The molecule has 5 nitrogen and oxygen atoms in total. The molecule has 0 spiro atoms. The first-order valence-corrected chi connectivity index (χ1v) is 10.7. The number of amides is 1. The molecule has 1 amide bonds. The van der Waals surface area contributed by atoms with E-state index in [2.05, 4.69) is 6.92 Å². The van der Waals surface area contributed by atoms with Crippen molar-refractivity contribution in [3.05, 3.63) is 35.9 Å². The van der Waals surface area contributed by atoms with Gasteiger partial charge in [-0.3, -0.25) is 9.59 Å². The Balaban J connectivity index is 1.80. The van der Waals surface area contributed by atoms with Crippen LogP contribution in [0.15, 0.2) is 30.3 Å². The molecule has 2 N–H and O–H groups in total. The van der Waals surface area contributed by atoms with Gasteiger partial charge in [-0.05, 0) is 50.0 Å². The van der Waals surface area contributed by atoms with Crippen molar-refractivity contribution in [1.82, 2.24) is 4.90 Å². The zero-order valence-corrected chi connectivity index (χ0v) is 17.1. The van der Waals surface area contributed by atoms with Crippen molar-refractivity contribution >= 4 is 11.9 Å². The number of aliphatic carboxylic acids is 1. The fraction of sp³-hybridized carbons (Fsp3) is 0.652. The summed E-state index contributed by atoms with van der Waals surface area (Å²) in [7, 11) is 0. The highest BCUT2D eigenvalue weighted by Crippen LogP contribution is 2.28. The molecule has 1 fully saturated rings. The zero-order chi connectivity index (χ0) is 20.4. The van der Waals surface area contributed by atoms with Gasteiger partial charge in [-0.2, -0.15) is 0 Å². The van der Waals surface area contributed by atoms with Crippen molar-refractivity contribution in [3.63, 3.8) is 0 Å². The fourth-order valence-electron chi connectivity index (χ4n) is 4.30. The van der Waals surface area contributed by atoms with Crippen LogP contribution in [-0.4, -0.2) is 45.7 Å². The van der Waals surface area contributed by atoms with E-state index in [-0.39, 0.29) is 24.3 Å². The summed E-state index contributed by atoms with van der Waals surface area (Å²) in [5.74, 6) is -0.254. The molecular formula is C23H35NO4. The first-order chi connectivity index (χ1) is 13.5. The highest BCUT2D eigenvalue weighted by atomic mass is 16.4. The van der Waals surface area contributed by atoms with Gasteiger partial charge in [0.15, 0.2) is 0 Å². The summed E-state index contributed by atoms with van der Waals surface area (Å²) in [5, 5.41) is 19.2. The number of piperidine rings is 1. The maximum atomic E-state index is 12.5. The Morgan fingerprint density at radius 3 is 2.61 bits per heavy atom. The number of carbonyl (C=O) groups excluding carboxylic acids is 1. The number of likely N-dealkylation sites (tertiary alicyclic amines) is 1. The largest absolute Gasteiger partial charge is 0.481 e. The molecule has 1 saturated heterocycles. The number of carboxylic acid groups (broad SMARTS) is 1. The predicted octanol–water partition coefficient (Wildman–Crippen LogP) is 4.03. The molecule has 0 aliphatic carbocycles. The first-order valence-electron chi connectivity index (χ1n) is 10.7. The van der Waals surface area contributed by atoms with Gasteiger partial charge < -0.3 is 15.1 Å². The lowest BCUT2D eigenvalue weighted by Gasteiger charge is -2.40. The fourth-order valence-corrected chi connectivity index (χ4v) is 4.30. The van der Waals surface area contributed by atoms with Gasteiger partial charge in [0.2, 0.25) is 5.91 Å². The molecule has 0 radical (unpaired) electrons. The van der Waals surface area contributed by atoms with Gasteiger partial charge in [0.05, 0.1) is 6.10 Å². The van der Waals surface area contributed by atoms with E-state index in [1.165, 1.54) is 0 Å². The quantitative estimate of drug-likeness (QED) is 0.529. The minimum Gasteiger partial charge on any atom is -0.481 e. The summed E-state index contributed by atoms with van der Waals surface area (Å²) in [6.07, 6.45) is 7.19. The molecule has 1 aliphatic heterocycles. The second-order valence-corrected chi connectivity index (χ2v) is 8.16. The molecular weight excluding hydrogens is 354 g/mol. The Labute approximate surface area is 168 Å². The zero-order valence-electron chi connectivity index (χ0n) is 17.1. The number of aliphatic hydroxyl groups excluding tert-OH is 1. The Hall–Kier alpha value is -1.88. The molecule has 156 valence electrons. The highest BCUT2D eigenvalue weighted by Gasteiger charge is 2.32. The van der Waals surface area contributed by atoms with E-state index in [1.807, 2.05) is 35.2 Å². The second kappa shape index (κ2) is 11.8. The Bertz CT molecular complexity index is 604. The summed E-state index contributed by atoms with van der Waals surface area (Å²) in [6.45, 7) is 2.90. The number of carboxylic acids is 1. The third-order valence-corrected chi connectivity index (χ3v) is 5.77. The van der Waals surface area contributed by atoms with Crippen molar-refractivity contribution in [3.8, 4) is 0 Å². The lowest BCUT2D eigenvalue weighted by molar-refractivity contribution is -0.138. The van der Waals surface area contributed by atoms with Crippen LogP contribution in [0.2, 0.25) is 0 Å². The standard InChI is InChI=1S/C23H35NO4/c1-18(16-20(25)17-19-10-5-4-6-11-19)21-12-9-13-22(26)24(21)15-8-3-2-7-14-23(27)28/h4-6,10-11,18,20-21,25H,2-3,7-9,12-17H2,1H3,(H,27,28)/t18-,20?,21+/m0/s1. The number of carbonyl (C=O) groups is 2. The summed E-state index contributed by atoms with van der Waals surface area (Å²) in [6, 6.07) is 10.2. The number of rotatable bonds is 12. The van der Waals surface area contributed by atoms with E-state index >= 15 is 0 Å². The number of nitrogens with zero attached hydrogens (tertiary/aromatic N) is 1. The van der Waals surface area contributed by atoms with Gasteiger partial charge in [-0.15, -0.1) is 0 Å². The average molecular weight is 390 g/mol. The molecule has 0 saturated carbocycles. The molecule has 1 heterocycles. The van der Waals surface area contributed by atoms with Crippen molar-refractivity contribution < 1.29 is 19.8 Å². The van der Waals surface area contributed by atoms with Crippen LogP contribution in [0.25, 0.3) is 0 Å². The maximum absolute atomic E-state index is 12.5. The van der Waals surface area contributed by atoms with Crippen molar-refractivity contribution in [1.29, 1.82) is 0 Å². The Kier molecular flexibility index (Phi) is 9.48. The molecule has 1 aromatic carbocycles. The first kappa shape index (κ1) is 22.4. The van der Waals surface area contributed by atoms with E-state index in [9.17, 15) is 14.7 Å². The second-order valence-electron chi connectivity index (χ2n) is 8.16. The van der Waals surface area contributed by atoms with Crippen LogP contribution < -0.4 is 0 Å². The number of aliphatic hydroxyl groups is 1. The van der Waals surface area contributed by atoms with Crippen LogP contribution >= 0.6 is 0 Å². The van der Waals surface area contributed by atoms with E-state index in [4.69, 9.17) is 5.11 Å². The minimum atomic E-state index is -0.742. The van der Waals surface area contributed by atoms with Crippen LogP contribution in [-0.2, 0) is 16.0 Å². The summed E-state index contributed by atoms with van der Waals surface area (Å²) in [5.41, 5.74) is 1.14. The number of hydrogen-bond acceptors (Lipinski definition) is 3. The molecule has 1 aromatic rings. The number of benzene rings is 1. The van der Waals surface area contributed by atoms with Gasteiger partial charge >= 0.3 is 5.97 Å². The van der Waals surface area contributed by atoms with E-state index in [1.54, 1.807) is 0 Å². The van der Waals surface area contributed by atoms with E-state index in [0.717, 1.165) is 44.2 Å². The third-order valence-electron chi connectivity index (χ3n) is 5.77. The van der Waals surface area contributed by atoms with Gasteiger partial charge in [0.25, 0.3) is 0 Å². The van der Waals surface area contributed by atoms with Crippen molar-refractivity contribution in [2.75, 3.05) is 6.54 Å². The molecule has 1 aliphatic rings. The lowest BCUT2D eigenvalue weighted by atomic mass is 9.86. The highest BCUT2D eigenvalue weighted by molar-refractivity contribution is 5.77. The smallest absolute Gasteiger partial charge is 0.303 e. The summed E-state index contributed by atoms with van der Waals surface area (Å²) < 4.78 is 0. The molecule has 0 aromatic heterocycles. The monoisotopic (exact) mass is 389 g/mol. The van der Waals surface area contributed by atoms with Gasteiger partial charge in [0, 0.05) is 25.4 Å². The number of unbranched alkanes of at least 4 members (excludes halogenated alkanes) is 3. The lowest BCUT2D eigenvalue weighted by Crippen LogP contribution is -2.48. The van der Waals surface area contributed by atoms with Gasteiger partial charge in [0.1, 0.15) is 0 Å². The minimum absolute atomic E-state index is 0.200. The van der Waals surface area contributed by atoms with E-state index < -0.39 is 12.1 Å². The molecule has 5 heteroatoms. The summed E-state index contributed by atoms with van der Waals surface area (Å²) >= 11 is 0. The summed E-state index contributed by atoms with van der Waals surface area (Å²) in [4.78, 5) is 25.1. The molecule has 1 unspecified atom stereocenters. The topological polar surface area (TPSA) is 77.8 Å². The van der Waals surface area contributed by atoms with Crippen LogP contribution in [0, 0.1) is 5.92 Å². The van der Waals surface area contributed by atoms with E-state index in [0.29, 0.717) is 25.7 Å². The molecule has 0 bridgehead atoms. The van der Waals surface area contributed by atoms with Crippen molar-refractivity contribution in [2.24, 2.45) is 5.92 Å². The van der Waals surface area contributed by atoms with Crippen LogP contribution in [0.4, 0.5) is 0 Å². The molecule has 3 atom stereocenters. The number of hydrogen-bond donors (Lipinski definition) is 2. The predicted molar refractivity (Wildman–Crippen MR) is 110 cm³/mol. The molecule has 2 rings (SSSR count). The van der Waals surface area contributed by atoms with Crippen LogP contribution in [0.1, 0.15) is 70.3 Å². The third kappa shape index (κ3) is 7.63. The van der Waals surface area contributed by atoms with Gasteiger partial charge in [-0.25, -0.2) is 0 Å². The molecule has 28 heavy (non-hydrogen) atoms. The SMILES string of the molecule is C[C@@H](CC(O)Cc1ccccc1)[C@H]1CCCC(=O)N1CCCCCCC(=O)O. The van der Waals surface area contributed by atoms with Gasteiger partial charge in [-0.1, -0.05) is 50.1 Å². The maximum Gasteiger partial charge on any atom is 0.303 e. The normalized spacial score (nSPS) is 19.4. The van der Waals surface area contributed by atoms with Crippen LogP contribution in [0.3, 0.4) is 0 Å². The Morgan fingerprint density at radius 1 is 1.18 bits per heavy atom. The van der Waals surface area contributed by atoms with Crippen molar-refractivity contribution in [2.45, 2.75) is 83.3 Å². The average Bonchev–Trinajstić information content (AvgIpc) is 2.65.